The first kappa shape index (κ1) is 49.9. The summed E-state index contributed by atoms with van der Waals surface area (Å²) < 4.78 is 82.6. The third-order valence-corrected chi connectivity index (χ3v) is 14.0. The van der Waals surface area contributed by atoms with Crippen LogP contribution in [0.4, 0.5) is 21.1 Å². The Kier molecular flexibility index (Phi) is 14.6. The van der Waals surface area contributed by atoms with Gasteiger partial charge in [-0.1, -0.05) is 48.2 Å². The van der Waals surface area contributed by atoms with Crippen LogP contribution in [0.5, 0.6) is 0 Å². The minimum absolute atomic E-state index is 0.111. The number of fused-ring (bicyclic) bond motifs is 4. The van der Waals surface area contributed by atoms with E-state index < -0.39 is 103 Å². The van der Waals surface area contributed by atoms with E-state index in [1.165, 1.54) is 29.7 Å². The van der Waals surface area contributed by atoms with E-state index >= 15 is 0 Å². The van der Waals surface area contributed by atoms with E-state index in [0.717, 1.165) is 0 Å². The number of benzene rings is 2. The van der Waals surface area contributed by atoms with Gasteiger partial charge in [0.1, 0.15) is 48.5 Å². The van der Waals surface area contributed by atoms with Crippen molar-refractivity contribution in [2.75, 3.05) is 36.9 Å². The number of hydrogen-bond donors (Lipinski definition) is 6. The maximum atomic E-state index is 13.5. The fraction of sp³-hybridized carbons (Fsp3) is 0.356. The smallest absolute Gasteiger partial charge is 0.347 e. The number of aromatic nitrogens is 7. The molecule has 380 valence electrons. The van der Waals surface area contributed by atoms with Crippen LogP contribution >= 0.6 is 15.6 Å². The number of pyridine rings is 1. The standard InChI is InChI=1S/C45H45N11O15P2/c1-3-46-44(57)53-28-19-20-48-40-33(28)51-24-55(40)42-37-35(67-31(69-37)17-15-26-11-7-5-8-12-26)29(65-42)21-63-72(59,60)71-73(61,62)64-22-30-36-38(70-32(68-36)18-16-27-13-9-6-10-14-27)43(66-30)56-25-52-34-39(49-23-50-41(34)56)54-45(58)47-4-2/h5-14,19-20,23-25,29-32,35-38,42-43H,3-4,21-22H2,1-2H3,(H,59,60)(H,61,62)(H2,46,48,53,57)(H2,47,49,50,54,58)/t29-,30-,31?,32?,35+,36?,37?,38?,42-,43-/m1/s1. The molecule has 2 aromatic carbocycles. The number of nitrogens with one attached hydrogen (secondary N) is 4. The average molecular weight is 1040 g/mol. The molecule has 8 heterocycles. The number of hydrogen-bond acceptors (Lipinski definition) is 18. The minimum atomic E-state index is -5.44. The highest BCUT2D eigenvalue weighted by Gasteiger charge is 2.56. The summed E-state index contributed by atoms with van der Waals surface area (Å²) in [5.41, 5.74) is 2.79. The van der Waals surface area contributed by atoms with E-state index in [1.807, 2.05) is 36.4 Å². The second kappa shape index (κ2) is 21.4. The van der Waals surface area contributed by atoms with Crippen LogP contribution in [0, 0.1) is 23.7 Å². The Labute approximate surface area is 414 Å². The summed E-state index contributed by atoms with van der Waals surface area (Å²) in [5.74, 6) is 11.9. The summed E-state index contributed by atoms with van der Waals surface area (Å²) in [5, 5.41) is 10.6. The number of phosphoric acid groups is 2. The Hall–Kier alpha value is -6.71. The topological polar surface area (TPSA) is 314 Å². The third kappa shape index (κ3) is 11.1. The Balaban J connectivity index is 0.835. The van der Waals surface area contributed by atoms with Crippen molar-refractivity contribution in [2.45, 2.75) is 75.5 Å². The molecule has 6 N–H and O–H groups in total. The van der Waals surface area contributed by atoms with Crippen molar-refractivity contribution in [3.63, 3.8) is 0 Å². The molecule has 26 nitrogen and oxygen atoms in total. The predicted octanol–water partition coefficient (Wildman–Crippen LogP) is 3.92. The normalized spacial score (nSPS) is 26.6. The monoisotopic (exact) mass is 1040 g/mol. The summed E-state index contributed by atoms with van der Waals surface area (Å²) in [4.78, 5) is 68.3. The molecule has 4 aliphatic rings. The second-order valence-electron chi connectivity index (χ2n) is 16.3. The number of ether oxygens (including phenoxy) is 6. The zero-order chi connectivity index (χ0) is 50.7. The molecule has 4 amide bonds. The molecule has 4 aliphatic heterocycles. The van der Waals surface area contributed by atoms with Crippen LogP contribution in [0.2, 0.25) is 0 Å². The van der Waals surface area contributed by atoms with E-state index in [0.29, 0.717) is 35.4 Å². The number of anilines is 2. The lowest BCUT2D eigenvalue weighted by Gasteiger charge is -2.22. The summed E-state index contributed by atoms with van der Waals surface area (Å²) in [6.45, 7) is 2.81. The summed E-state index contributed by atoms with van der Waals surface area (Å²) in [7, 11) is -10.9. The van der Waals surface area contributed by atoms with Gasteiger partial charge in [-0.3, -0.25) is 23.5 Å². The molecular formula is C45H45N11O15P2. The number of phosphoric ester groups is 2. The zero-order valence-corrected chi connectivity index (χ0v) is 40.3. The van der Waals surface area contributed by atoms with Crippen LogP contribution in [-0.2, 0) is 50.9 Å². The molecule has 0 radical (unpaired) electrons. The lowest BCUT2D eigenvalue weighted by atomic mass is 10.1. The fourth-order valence-corrected chi connectivity index (χ4v) is 10.4. The van der Waals surface area contributed by atoms with Gasteiger partial charge in [-0.15, -0.1) is 0 Å². The predicted molar refractivity (Wildman–Crippen MR) is 252 cm³/mol. The number of nitrogens with zero attached hydrogens (tertiary/aromatic N) is 7. The first-order valence-electron chi connectivity index (χ1n) is 22.7. The molecule has 0 saturated carbocycles. The lowest BCUT2D eigenvalue weighted by Crippen LogP contribution is -2.32. The molecule has 6 aromatic rings. The largest absolute Gasteiger partial charge is 0.481 e. The summed E-state index contributed by atoms with van der Waals surface area (Å²) >= 11 is 0. The number of rotatable bonds is 14. The molecular weight excluding hydrogens is 997 g/mol. The SMILES string of the molecule is CCNC(=O)Nc1ncnc2c1ncn2[C@@H]1O[C@H](COP(=O)(O)OP(=O)(O)OC[C@H]2O[C@@H](n3cnc4c(NC(=O)NCC)ccnc43)C3OC(C#Cc4ccccc4)O[C@H]32)C2OC(C#Cc3ccccc3)OC21. The first-order valence-corrected chi connectivity index (χ1v) is 25.6. The first-order chi connectivity index (χ1) is 35.3. The fourth-order valence-electron chi connectivity index (χ4n) is 8.35. The summed E-state index contributed by atoms with van der Waals surface area (Å²) in [6, 6.07) is 18.8. The Bertz CT molecular complexity index is 3010. The second-order valence-corrected chi connectivity index (χ2v) is 19.3. The maximum absolute atomic E-state index is 13.5. The van der Waals surface area contributed by atoms with Crippen LogP contribution in [0.1, 0.15) is 37.4 Å². The number of urea groups is 2. The van der Waals surface area contributed by atoms with Gasteiger partial charge in [-0.2, -0.15) is 4.31 Å². The zero-order valence-electron chi connectivity index (χ0n) is 38.5. The van der Waals surface area contributed by atoms with Crippen LogP contribution in [0.15, 0.2) is 91.9 Å². The number of carbonyl (C=O) groups excluding carboxylic acids is 2. The van der Waals surface area contributed by atoms with E-state index in [1.54, 1.807) is 48.7 Å². The number of carbonyl (C=O) groups is 2. The quantitative estimate of drug-likeness (QED) is 0.0665. The van der Waals surface area contributed by atoms with Crippen molar-refractivity contribution in [2.24, 2.45) is 0 Å². The summed E-state index contributed by atoms with van der Waals surface area (Å²) in [6.07, 6.45) is -4.96. The Morgan fingerprint density at radius 1 is 0.630 bits per heavy atom. The number of amides is 4. The van der Waals surface area contributed by atoms with Gasteiger partial charge in [0.25, 0.3) is 0 Å². The van der Waals surface area contributed by atoms with Crippen molar-refractivity contribution < 1.29 is 70.3 Å². The van der Waals surface area contributed by atoms with Crippen molar-refractivity contribution >= 4 is 61.5 Å². The molecule has 4 fully saturated rings. The molecule has 7 unspecified atom stereocenters. The third-order valence-electron chi connectivity index (χ3n) is 11.4. The Morgan fingerprint density at radius 3 is 1.66 bits per heavy atom. The van der Waals surface area contributed by atoms with Crippen molar-refractivity contribution in [3.8, 4) is 23.7 Å². The van der Waals surface area contributed by atoms with Crippen molar-refractivity contribution in [1.82, 2.24) is 44.7 Å². The van der Waals surface area contributed by atoms with E-state index in [-0.39, 0.29) is 22.6 Å². The molecule has 0 aliphatic carbocycles. The van der Waals surface area contributed by atoms with Gasteiger partial charge in [0, 0.05) is 30.4 Å². The van der Waals surface area contributed by atoms with E-state index in [4.69, 9.17) is 41.8 Å². The van der Waals surface area contributed by atoms with Crippen LogP contribution in [-0.4, -0.2) is 131 Å². The van der Waals surface area contributed by atoms with Crippen LogP contribution < -0.4 is 21.3 Å². The van der Waals surface area contributed by atoms with Gasteiger partial charge in [0.05, 0.1) is 31.6 Å². The average Bonchev–Trinajstić information content (AvgIpc) is 4.24. The highest BCUT2D eigenvalue weighted by Crippen LogP contribution is 2.61. The molecule has 73 heavy (non-hydrogen) atoms. The lowest BCUT2D eigenvalue weighted by molar-refractivity contribution is -0.130. The van der Waals surface area contributed by atoms with Gasteiger partial charge >= 0.3 is 27.7 Å². The van der Waals surface area contributed by atoms with Gasteiger partial charge in [-0.05, 0) is 56.0 Å². The van der Waals surface area contributed by atoms with Crippen molar-refractivity contribution in [1.29, 1.82) is 0 Å². The molecule has 4 saturated heterocycles. The van der Waals surface area contributed by atoms with Crippen LogP contribution in [0.25, 0.3) is 22.3 Å². The van der Waals surface area contributed by atoms with Gasteiger partial charge < -0.3 is 54.2 Å². The molecule has 10 rings (SSSR count). The van der Waals surface area contributed by atoms with E-state index in [9.17, 15) is 28.5 Å². The minimum Gasteiger partial charge on any atom is -0.347 e. The van der Waals surface area contributed by atoms with Gasteiger partial charge in [0.2, 0.25) is 12.6 Å². The molecule has 0 bridgehead atoms. The maximum Gasteiger partial charge on any atom is 0.481 e. The highest BCUT2D eigenvalue weighted by molar-refractivity contribution is 7.61. The van der Waals surface area contributed by atoms with Gasteiger partial charge in [-0.25, -0.2) is 43.6 Å². The molecule has 4 aromatic heterocycles. The highest BCUT2D eigenvalue weighted by atomic mass is 31.3. The van der Waals surface area contributed by atoms with Crippen LogP contribution in [0.3, 0.4) is 0 Å². The molecule has 12 atom stereocenters. The Morgan fingerprint density at radius 2 is 1.12 bits per heavy atom. The van der Waals surface area contributed by atoms with Crippen molar-refractivity contribution in [3.05, 3.63) is 103 Å². The van der Waals surface area contributed by atoms with E-state index in [2.05, 4.69) is 69.9 Å². The number of imidazole rings is 2. The molecule has 0 spiro atoms. The molecule has 28 heteroatoms. The van der Waals surface area contributed by atoms with Gasteiger partial charge in [0.15, 0.2) is 35.1 Å².